The number of rotatable bonds is 6. The van der Waals surface area contributed by atoms with E-state index in [1.807, 2.05) is 0 Å². The highest BCUT2D eigenvalue weighted by Gasteiger charge is 2.33. The minimum atomic E-state index is -1.11. The van der Waals surface area contributed by atoms with E-state index in [1.54, 1.807) is 48.5 Å². The summed E-state index contributed by atoms with van der Waals surface area (Å²) in [5.74, 6) is -1.87. The van der Waals surface area contributed by atoms with Gasteiger partial charge in [0.1, 0.15) is 12.3 Å². The number of carbonyl (C=O) groups is 4. The van der Waals surface area contributed by atoms with Crippen LogP contribution in [-0.4, -0.2) is 48.3 Å². The van der Waals surface area contributed by atoms with Crippen LogP contribution in [0.5, 0.6) is 5.75 Å². The van der Waals surface area contributed by atoms with Gasteiger partial charge < -0.3 is 14.8 Å². The number of nitrogens with one attached hydrogen (secondary N) is 1. The zero-order valence-corrected chi connectivity index (χ0v) is 16.0. The minimum Gasteiger partial charge on any atom is -0.497 e. The van der Waals surface area contributed by atoms with Crippen LogP contribution in [0.3, 0.4) is 0 Å². The first-order valence-electron chi connectivity index (χ1n) is 8.96. The summed E-state index contributed by atoms with van der Waals surface area (Å²) < 4.78 is 10.2. The SMILES string of the molecule is COc1cccc(NC(=O)[C@@H](C)OC(=O)CN2C(=O)Cc3ccccc3C2=O)c1. The molecular formula is C21H20N2O6. The van der Waals surface area contributed by atoms with Gasteiger partial charge in [-0.05, 0) is 30.7 Å². The topological polar surface area (TPSA) is 102 Å². The van der Waals surface area contributed by atoms with Gasteiger partial charge >= 0.3 is 5.97 Å². The summed E-state index contributed by atoms with van der Waals surface area (Å²) in [7, 11) is 1.51. The van der Waals surface area contributed by atoms with Gasteiger partial charge in [0.05, 0.1) is 13.5 Å². The van der Waals surface area contributed by atoms with E-state index >= 15 is 0 Å². The van der Waals surface area contributed by atoms with Crippen LogP contribution in [0.1, 0.15) is 22.8 Å². The van der Waals surface area contributed by atoms with E-state index in [0.29, 0.717) is 22.6 Å². The number of hydrogen-bond donors (Lipinski definition) is 1. The van der Waals surface area contributed by atoms with Gasteiger partial charge in [0, 0.05) is 17.3 Å². The Labute approximate surface area is 167 Å². The van der Waals surface area contributed by atoms with Gasteiger partial charge in [0.15, 0.2) is 6.10 Å². The first kappa shape index (κ1) is 20.1. The highest BCUT2D eigenvalue weighted by Crippen LogP contribution is 2.20. The molecule has 8 nitrogen and oxygen atoms in total. The van der Waals surface area contributed by atoms with Crippen LogP contribution in [0, 0.1) is 0 Å². The van der Waals surface area contributed by atoms with E-state index in [2.05, 4.69) is 5.32 Å². The average Bonchev–Trinajstić information content (AvgIpc) is 2.71. The molecular weight excluding hydrogens is 376 g/mol. The van der Waals surface area contributed by atoms with Crippen molar-refractivity contribution < 1.29 is 28.7 Å². The van der Waals surface area contributed by atoms with E-state index in [4.69, 9.17) is 9.47 Å². The normalized spacial score (nSPS) is 14.1. The first-order chi connectivity index (χ1) is 13.9. The monoisotopic (exact) mass is 396 g/mol. The summed E-state index contributed by atoms with van der Waals surface area (Å²) in [6, 6.07) is 13.4. The van der Waals surface area contributed by atoms with Gasteiger partial charge in [-0.25, -0.2) is 0 Å². The number of fused-ring (bicyclic) bond motifs is 1. The van der Waals surface area contributed by atoms with Gasteiger partial charge in [-0.2, -0.15) is 0 Å². The summed E-state index contributed by atoms with van der Waals surface area (Å²) in [5, 5.41) is 2.61. The molecule has 0 unspecified atom stereocenters. The molecule has 0 saturated carbocycles. The van der Waals surface area contributed by atoms with Crippen molar-refractivity contribution in [1.82, 2.24) is 4.90 Å². The number of imide groups is 1. The molecule has 0 saturated heterocycles. The standard InChI is InChI=1S/C21H20N2O6/c1-13(20(26)22-15-7-5-8-16(11-15)28-2)29-19(25)12-23-18(24)10-14-6-3-4-9-17(14)21(23)27/h3-9,11,13H,10,12H2,1-2H3,(H,22,26)/t13-/m1/s1. The van der Waals surface area contributed by atoms with Crippen molar-refractivity contribution in [2.24, 2.45) is 0 Å². The van der Waals surface area contributed by atoms with E-state index in [1.165, 1.54) is 14.0 Å². The maximum Gasteiger partial charge on any atom is 0.326 e. The van der Waals surface area contributed by atoms with Gasteiger partial charge in [0.2, 0.25) is 5.91 Å². The van der Waals surface area contributed by atoms with Crippen molar-refractivity contribution >= 4 is 29.4 Å². The second-order valence-corrected chi connectivity index (χ2v) is 6.47. The molecule has 0 fully saturated rings. The second kappa shape index (κ2) is 8.55. The molecule has 0 aliphatic carbocycles. The molecule has 8 heteroatoms. The highest BCUT2D eigenvalue weighted by atomic mass is 16.5. The Morgan fingerprint density at radius 3 is 2.66 bits per heavy atom. The smallest absolute Gasteiger partial charge is 0.326 e. The van der Waals surface area contributed by atoms with E-state index in [-0.39, 0.29) is 6.42 Å². The van der Waals surface area contributed by atoms with Gasteiger partial charge in [-0.1, -0.05) is 24.3 Å². The fourth-order valence-corrected chi connectivity index (χ4v) is 2.92. The molecule has 0 aromatic heterocycles. The van der Waals surface area contributed by atoms with Gasteiger partial charge in [-0.15, -0.1) is 0 Å². The van der Waals surface area contributed by atoms with Crippen molar-refractivity contribution in [2.45, 2.75) is 19.4 Å². The molecule has 2 aromatic carbocycles. The van der Waals surface area contributed by atoms with Crippen LogP contribution in [-0.2, 0) is 25.5 Å². The van der Waals surface area contributed by atoms with Crippen LogP contribution in [0.15, 0.2) is 48.5 Å². The number of methoxy groups -OCH3 is 1. The predicted molar refractivity (Wildman–Crippen MR) is 103 cm³/mol. The Bertz CT molecular complexity index is 971. The molecule has 3 rings (SSSR count). The quantitative estimate of drug-likeness (QED) is 0.590. The molecule has 1 aliphatic rings. The predicted octanol–water partition coefficient (Wildman–Crippen LogP) is 1.79. The van der Waals surface area contributed by atoms with Crippen LogP contribution in [0.2, 0.25) is 0 Å². The maximum absolute atomic E-state index is 12.5. The first-order valence-corrected chi connectivity index (χ1v) is 8.96. The highest BCUT2D eigenvalue weighted by molar-refractivity contribution is 6.11. The fourth-order valence-electron chi connectivity index (χ4n) is 2.92. The summed E-state index contributed by atoms with van der Waals surface area (Å²) >= 11 is 0. The molecule has 29 heavy (non-hydrogen) atoms. The number of hydrogen-bond acceptors (Lipinski definition) is 6. The summed E-state index contributed by atoms with van der Waals surface area (Å²) in [6.07, 6.45) is -1.09. The molecule has 0 spiro atoms. The van der Waals surface area contributed by atoms with Crippen molar-refractivity contribution in [3.8, 4) is 5.75 Å². The lowest BCUT2D eigenvalue weighted by Gasteiger charge is -2.26. The van der Waals surface area contributed by atoms with Crippen molar-refractivity contribution in [3.05, 3.63) is 59.7 Å². The van der Waals surface area contributed by atoms with Gasteiger partial charge in [-0.3, -0.25) is 24.1 Å². The van der Waals surface area contributed by atoms with Crippen LogP contribution < -0.4 is 10.1 Å². The van der Waals surface area contributed by atoms with E-state index < -0.39 is 36.3 Å². The summed E-state index contributed by atoms with van der Waals surface area (Å²) in [4.78, 5) is 50.0. The number of esters is 1. The lowest BCUT2D eigenvalue weighted by atomic mass is 9.98. The van der Waals surface area contributed by atoms with Gasteiger partial charge in [0.25, 0.3) is 11.8 Å². The Morgan fingerprint density at radius 1 is 1.14 bits per heavy atom. The Hall–Kier alpha value is -3.68. The number of anilines is 1. The number of amides is 3. The number of ether oxygens (including phenoxy) is 2. The summed E-state index contributed by atoms with van der Waals surface area (Å²) in [6.45, 7) is 0.853. The molecule has 3 amide bonds. The maximum atomic E-state index is 12.5. The molecule has 1 atom stereocenters. The number of carbonyl (C=O) groups excluding carboxylic acids is 4. The number of nitrogens with zero attached hydrogens (tertiary/aromatic N) is 1. The lowest BCUT2D eigenvalue weighted by Crippen LogP contribution is -2.46. The molecule has 1 aliphatic heterocycles. The molecule has 0 bridgehead atoms. The minimum absolute atomic E-state index is 0.0288. The van der Waals surface area contributed by atoms with Crippen molar-refractivity contribution in [2.75, 3.05) is 19.0 Å². The molecule has 1 N–H and O–H groups in total. The lowest BCUT2D eigenvalue weighted by molar-refractivity contribution is -0.155. The zero-order chi connectivity index (χ0) is 21.0. The molecule has 1 heterocycles. The Kier molecular flexibility index (Phi) is 5.92. The zero-order valence-electron chi connectivity index (χ0n) is 16.0. The molecule has 2 aromatic rings. The van der Waals surface area contributed by atoms with E-state index in [0.717, 1.165) is 4.90 Å². The average molecular weight is 396 g/mol. The van der Waals surface area contributed by atoms with Crippen molar-refractivity contribution in [1.29, 1.82) is 0 Å². The second-order valence-electron chi connectivity index (χ2n) is 6.47. The third kappa shape index (κ3) is 4.60. The number of benzene rings is 2. The van der Waals surface area contributed by atoms with Crippen LogP contribution in [0.4, 0.5) is 5.69 Å². The fraction of sp³-hybridized carbons (Fsp3) is 0.238. The molecule has 150 valence electrons. The van der Waals surface area contributed by atoms with Crippen molar-refractivity contribution in [3.63, 3.8) is 0 Å². The third-order valence-electron chi connectivity index (χ3n) is 4.44. The van der Waals surface area contributed by atoms with E-state index in [9.17, 15) is 19.2 Å². The van der Waals surface area contributed by atoms with Crippen LogP contribution in [0.25, 0.3) is 0 Å². The summed E-state index contributed by atoms with van der Waals surface area (Å²) in [5.41, 5.74) is 1.48. The van der Waals surface area contributed by atoms with Crippen LogP contribution >= 0.6 is 0 Å². The Morgan fingerprint density at radius 2 is 1.90 bits per heavy atom. The third-order valence-corrected chi connectivity index (χ3v) is 4.44. The molecule has 0 radical (unpaired) electrons. The largest absolute Gasteiger partial charge is 0.497 e. The Balaban J connectivity index is 1.59.